The average molecular weight is 581 g/mol. The van der Waals surface area contributed by atoms with Gasteiger partial charge in [0.1, 0.15) is 0 Å². The molecule has 0 fully saturated rings. The Hall–Kier alpha value is -2.39. The number of nitrogens with zero attached hydrogens (tertiary/aromatic N) is 2. The van der Waals surface area contributed by atoms with Gasteiger partial charge in [-0.15, -0.1) is 0 Å². The third kappa shape index (κ3) is 6.39. The van der Waals surface area contributed by atoms with Crippen LogP contribution in [0.25, 0.3) is 0 Å². The zero-order valence-electron chi connectivity index (χ0n) is 30.2. The molecule has 0 spiro atoms. The molecule has 2 atom stereocenters. The third-order valence-electron chi connectivity index (χ3n) is 9.49. The summed E-state index contributed by atoms with van der Waals surface area (Å²) in [6, 6.07) is 13.4. The first-order valence-electron chi connectivity index (χ1n) is 16.4. The van der Waals surface area contributed by atoms with E-state index in [9.17, 15) is 0 Å². The van der Waals surface area contributed by atoms with E-state index < -0.39 is 0 Å². The summed E-state index contributed by atoms with van der Waals surface area (Å²) in [6.45, 7) is 37.3. The highest BCUT2D eigenvalue weighted by Gasteiger charge is 2.56. The number of hydrogen-bond donors (Lipinski definition) is 0. The van der Waals surface area contributed by atoms with E-state index in [1.54, 1.807) is 0 Å². The van der Waals surface area contributed by atoms with E-state index in [0.29, 0.717) is 0 Å². The number of rotatable bonds is 4. The molecule has 232 valence electrons. The van der Waals surface area contributed by atoms with Crippen molar-refractivity contribution in [3.05, 3.63) is 82.2 Å². The summed E-state index contributed by atoms with van der Waals surface area (Å²) < 4.78 is 7.80. The van der Waals surface area contributed by atoms with Gasteiger partial charge in [-0.1, -0.05) is 132 Å². The Morgan fingerprint density at radius 2 is 0.791 bits per heavy atom. The molecule has 0 amide bonds. The first-order chi connectivity index (χ1) is 19.5. The molecule has 2 aliphatic heterocycles. The van der Waals surface area contributed by atoms with E-state index >= 15 is 0 Å². The van der Waals surface area contributed by atoms with E-state index in [4.69, 9.17) is 4.57 Å². The Morgan fingerprint density at radius 1 is 0.512 bits per heavy atom. The van der Waals surface area contributed by atoms with Crippen LogP contribution >= 0.6 is 0 Å². The molecule has 0 aliphatic carbocycles. The summed E-state index contributed by atoms with van der Waals surface area (Å²) in [6.07, 6.45) is 5.08. The molecular weight excluding hydrogens is 522 g/mol. The van der Waals surface area contributed by atoms with Gasteiger partial charge < -0.3 is 14.2 Å². The lowest BCUT2D eigenvalue weighted by atomic mass is 9.51. The fourth-order valence-electron chi connectivity index (χ4n) is 7.14. The monoisotopic (exact) mass is 580 g/mol. The molecule has 0 radical (unpaired) electrons. The zero-order valence-corrected chi connectivity index (χ0v) is 30.2. The molecule has 0 bridgehead atoms. The van der Waals surface area contributed by atoms with E-state index in [-0.39, 0.29) is 47.4 Å². The highest BCUT2D eigenvalue weighted by atomic mass is 16.4. The summed E-state index contributed by atoms with van der Waals surface area (Å²) in [5, 5.41) is 0. The van der Waals surface area contributed by atoms with Crippen molar-refractivity contribution >= 4 is 25.5 Å². The normalized spacial score (nSPS) is 20.3. The van der Waals surface area contributed by atoms with Crippen LogP contribution in [0.3, 0.4) is 0 Å². The van der Waals surface area contributed by atoms with Gasteiger partial charge in [0.2, 0.25) is 0 Å². The summed E-state index contributed by atoms with van der Waals surface area (Å²) in [7, 11) is -0.299. The van der Waals surface area contributed by atoms with Crippen LogP contribution in [0.5, 0.6) is 0 Å². The van der Waals surface area contributed by atoms with Crippen molar-refractivity contribution < 1.29 is 4.57 Å². The van der Waals surface area contributed by atoms with E-state index in [1.807, 2.05) is 0 Å². The minimum Gasteiger partial charge on any atom is -0.461 e. The highest BCUT2D eigenvalue weighted by molar-refractivity contribution is 6.74. The van der Waals surface area contributed by atoms with Crippen LogP contribution in [0.15, 0.2) is 59.9 Å². The van der Waals surface area contributed by atoms with Gasteiger partial charge in [-0.05, 0) is 60.8 Å². The molecular formula is C38H58B2N2O. The quantitative estimate of drug-likeness (QED) is 0.335. The molecule has 2 unspecified atom stereocenters. The van der Waals surface area contributed by atoms with Crippen molar-refractivity contribution in [2.24, 2.45) is 21.7 Å². The lowest BCUT2D eigenvalue weighted by Gasteiger charge is -2.43. The minimum atomic E-state index is -0.150. The maximum atomic E-state index is 7.80. The predicted octanol–water partition coefficient (Wildman–Crippen LogP) is 10.9. The Morgan fingerprint density at radius 3 is 1.02 bits per heavy atom. The van der Waals surface area contributed by atoms with Crippen LogP contribution in [0.4, 0.5) is 11.4 Å². The van der Waals surface area contributed by atoms with Gasteiger partial charge in [-0.3, -0.25) is 0 Å². The van der Waals surface area contributed by atoms with Crippen LogP contribution in [0, 0.1) is 49.4 Å². The Balaban J connectivity index is 1.99. The highest BCUT2D eigenvalue weighted by Crippen LogP contribution is 2.54. The van der Waals surface area contributed by atoms with Gasteiger partial charge in [-0.2, -0.15) is 0 Å². The lowest BCUT2D eigenvalue weighted by Crippen LogP contribution is -2.54. The average Bonchev–Trinajstić information content (AvgIpc) is 3.39. The van der Waals surface area contributed by atoms with Gasteiger partial charge >= 0.3 is 14.1 Å². The number of para-hydroxylation sites is 2. The zero-order chi connectivity index (χ0) is 32.4. The summed E-state index contributed by atoms with van der Waals surface area (Å²) >= 11 is 0. The molecule has 0 aromatic heterocycles. The molecule has 0 saturated carbocycles. The number of allylic oxidation sites excluding steroid dienone is 4. The smallest absolute Gasteiger partial charge is 0.414 e. The van der Waals surface area contributed by atoms with Crippen molar-refractivity contribution in [3.63, 3.8) is 0 Å². The molecule has 2 heterocycles. The molecule has 2 aromatic carbocycles. The molecule has 4 rings (SSSR count). The maximum absolute atomic E-state index is 7.80. The summed E-state index contributed by atoms with van der Waals surface area (Å²) in [5.41, 5.74) is 10.3. The SMILES string of the molecule is Cc1cccc(C)c1N1B(OB2C(C(C)(C)C)C=C(C(C)(C)C)N2c2c(C)cccc2C)C(C(C)(C)C)C=C1C(C)(C)C. The van der Waals surface area contributed by atoms with Crippen LogP contribution in [-0.2, 0) is 4.57 Å². The van der Waals surface area contributed by atoms with Crippen LogP contribution in [0.2, 0.25) is 11.6 Å². The maximum Gasteiger partial charge on any atom is 0.414 e. The number of aryl methyl sites for hydroxylation is 4. The van der Waals surface area contributed by atoms with E-state index in [1.165, 1.54) is 45.0 Å². The van der Waals surface area contributed by atoms with Gasteiger partial charge in [-0.25, -0.2) is 0 Å². The Kier molecular flexibility index (Phi) is 8.73. The largest absolute Gasteiger partial charge is 0.461 e. The van der Waals surface area contributed by atoms with Crippen molar-refractivity contribution in [2.45, 2.75) is 122 Å². The number of anilines is 2. The van der Waals surface area contributed by atoms with Crippen molar-refractivity contribution in [2.75, 3.05) is 9.62 Å². The fraction of sp³-hybridized carbons (Fsp3) is 0.579. The molecule has 0 N–H and O–H groups in total. The first-order valence-corrected chi connectivity index (χ1v) is 16.4. The second-order valence-electron chi connectivity index (χ2n) is 17.5. The van der Waals surface area contributed by atoms with Crippen LogP contribution in [0.1, 0.15) is 105 Å². The molecule has 3 nitrogen and oxygen atoms in total. The molecule has 43 heavy (non-hydrogen) atoms. The fourth-order valence-corrected chi connectivity index (χ4v) is 7.14. The van der Waals surface area contributed by atoms with Crippen molar-refractivity contribution in [3.8, 4) is 0 Å². The lowest BCUT2D eigenvalue weighted by molar-refractivity contribution is 0.373. The number of hydrogen-bond acceptors (Lipinski definition) is 3. The predicted molar refractivity (Wildman–Crippen MR) is 191 cm³/mol. The molecule has 2 aromatic rings. The van der Waals surface area contributed by atoms with E-state index in [2.05, 4.69) is 169 Å². The standard InChI is InChI=1S/C38H58B2N2O/c1-25-19-17-20-26(2)33(25)41-31(37(11,12)13)23-29(35(5,6)7)39(41)43-40-30(36(8,9)10)24-32(38(14,15)16)42(40)34-27(3)21-18-22-28(34)4/h17-24,29-30H,1-16H3. The molecule has 5 heteroatoms. The van der Waals surface area contributed by atoms with Crippen LogP contribution < -0.4 is 9.62 Å². The summed E-state index contributed by atoms with van der Waals surface area (Å²) in [5.74, 6) is 0.416. The van der Waals surface area contributed by atoms with Gasteiger partial charge in [0, 0.05) is 45.2 Å². The van der Waals surface area contributed by atoms with Crippen LogP contribution in [-0.4, -0.2) is 14.1 Å². The van der Waals surface area contributed by atoms with Gasteiger partial charge in [0.15, 0.2) is 0 Å². The van der Waals surface area contributed by atoms with Gasteiger partial charge in [0.25, 0.3) is 0 Å². The van der Waals surface area contributed by atoms with Crippen molar-refractivity contribution in [1.82, 2.24) is 0 Å². The van der Waals surface area contributed by atoms with Crippen molar-refractivity contribution in [1.29, 1.82) is 0 Å². The first kappa shape index (κ1) is 33.5. The Bertz CT molecular complexity index is 1260. The molecule has 0 saturated heterocycles. The third-order valence-corrected chi connectivity index (χ3v) is 9.49. The second kappa shape index (κ2) is 11.2. The Labute approximate surface area is 265 Å². The minimum absolute atomic E-state index is 0.00599. The molecule has 2 aliphatic rings. The summed E-state index contributed by atoms with van der Waals surface area (Å²) in [4.78, 5) is 5.16. The number of benzene rings is 2. The van der Waals surface area contributed by atoms with E-state index in [0.717, 1.165) is 0 Å². The van der Waals surface area contributed by atoms with Gasteiger partial charge in [0.05, 0.1) is 0 Å². The second-order valence-corrected chi connectivity index (χ2v) is 17.5. The topological polar surface area (TPSA) is 15.7 Å².